The molecule has 2 aromatic carbocycles. The number of aryl methyl sites for hydroxylation is 1. The van der Waals surface area contributed by atoms with Crippen LogP contribution in [0.3, 0.4) is 0 Å². The summed E-state index contributed by atoms with van der Waals surface area (Å²) in [5.41, 5.74) is 0.265. The minimum absolute atomic E-state index is 0.263. The van der Waals surface area contributed by atoms with Gasteiger partial charge in [0.05, 0.1) is 22.3 Å². The van der Waals surface area contributed by atoms with Crippen molar-refractivity contribution in [1.82, 2.24) is 9.55 Å². The second-order valence-electron chi connectivity index (χ2n) is 4.80. The van der Waals surface area contributed by atoms with Crippen molar-refractivity contribution in [2.45, 2.75) is 6.18 Å². The van der Waals surface area contributed by atoms with Crippen LogP contribution in [-0.2, 0) is 13.2 Å². The maximum absolute atomic E-state index is 13.8. The number of para-hydroxylation sites is 2. The van der Waals surface area contributed by atoms with Gasteiger partial charge in [0, 0.05) is 7.05 Å². The summed E-state index contributed by atoms with van der Waals surface area (Å²) in [5.74, 6) is -0.514. The van der Waals surface area contributed by atoms with Gasteiger partial charge in [-0.1, -0.05) is 12.1 Å². The molecule has 3 aromatic rings. The lowest BCUT2D eigenvalue weighted by Gasteiger charge is -2.11. The summed E-state index contributed by atoms with van der Waals surface area (Å²) >= 11 is 0. The Labute approximate surface area is 123 Å². The van der Waals surface area contributed by atoms with E-state index in [0.29, 0.717) is 11.6 Å². The molecule has 0 aliphatic carbocycles. The van der Waals surface area contributed by atoms with Gasteiger partial charge < -0.3 is 9.88 Å². The lowest BCUT2D eigenvalue weighted by atomic mass is 10.2. The molecule has 0 aliphatic rings. The lowest BCUT2D eigenvalue weighted by molar-refractivity contribution is -0.137. The molecule has 7 heteroatoms. The Kier molecular flexibility index (Phi) is 3.27. The average molecular weight is 309 g/mol. The zero-order chi connectivity index (χ0) is 15.9. The first-order valence-corrected chi connectivity index (χ1v) is 6.41. The molecular weight excluding hydrogens is 298 g/mol. The second-order valence-corrected chi connectivity index (χ2v) is 4.80. The van der Waals surface area contributed by atoms with Crippen molar-refractivity contribution in [2.24, 2.45) is 7.05 Å². The largest absolute Gasteiger partial charge is 0.416 e. The van der Waals surface area contributed by atoms with E-state index in [2.05, 4.69) is 10.3 Å². The number of anilines is 2. The highest BCUT2D eigenvalue weighted by Crippen LogP contribution is 2.33. The second kappa shape index (κ2) is 5.01. The topological polar surface area (TPSA) is 29.9 Å². The van der Waals surface area contributed by atoms with Crippen molar-refractivity contribution in [3.63, 3.8) is 0 Å². The van der Waals surface area contributed by atoms with Crippen molar-refractivity contribution in [3.05, 3.63) is 53.8 Å². The van der Waals surface area contributed by atoms with Crippen molar-refractivity contribution >= 4 is 22.7 Å². The zero-order valence-electron chi connectivity index (χ0n) is 11.4. The summed E-state index contributed by atoms with van der Waals surface area (Å²) in [7, 11) is 1.70. The number of fused-ring (bicyclic) bond motifs is 1. The maximum Gasteiger partial charge on any atom is 0.416 e. The van der Waals surface area contributed by atoms with Gasteiger partial charge in [-0.3, -0.25) is 0 Å². The van der Waals surface area contributed by atoms with Gasteiger partial charge in [0.15, 0.2) is 0 Å². The van der Waals surface area contributed by atoms with Crippen molar-refractivity contribution in [3.8, 4) is 0 Å². The summed E-state index contributed by atoms with van der Waals surface area (Å²) in [4.78, 5) is 4.24. The predicted molar refractivity (Wildman–Crippen MR) is 75.4 cm³/mol. The molecule has 0 fully saturated rings. The van der Waals surface area contributed by atoms with E-state index in [4.69, 9.17) is 0 Å². The molecule has 0 saturated carbocycles. The Balaban J connectivity index is 2.03. The number of rotatable bonds is 2. The molecule has 22 heavy (non-hydrogen) atoms. The summed E-state index contributed by atoms with van der Waals surface area (Å²) in [5, 5.41) is 2.62. The highest BCUT2D eigenvalue weighted by molar-refractivity contribution is 5.79. The number of benzene rings is 2. The van der Waals surface area contributed by atoms with Crippen LogP contribution >= 0.6 is 0 Å². The number of nitrogens with one attached hydrogen (secondary N) is 1. The van der Waals surface area contributed by atoms with Crippen LogP contribution in [0.1, 0.15) is 5.56 Å². The van der Waals surface area contributed by atoms with Gasteiger partial charge in [-0.15, -0.1) is 0 Å². The van der Waals surface area contributed by atoms with Gasteiger partial charge in [0.2, 0.25) is 5.95 Å². The molecule has 1 heterocycles. The minimum Gasteiger partial charge on any atom is -0.323 e. The maximum atomic E-state index is 13.8. The molecule has 114 valence electrons. The van der Waals surface area contributed by atoms with Gasteiger partial charge in [-0.25, -0.2) is 9.37 Å². The quantitative estimate of drug-likeness (QED) is 0.708. The van der Waals surface area contributed by atoms with E-state index in [0.717, 1.165) is 17.6 Å². The molecular formula is C15H11F4N3. The molecule has 0 saturated heterocycles. The van der Waals surface area contributed by atoms with E-state index in [1.54, 1.807) is 23.7 Å². The predicted octanol–water partition coefficient (Wildman–Crippen LogP) is 4.47. The van der Waals surface area contributed by atoms with Crippen LogP contribution in [0.15, 0.2) is 42.5 Å². The molecule has 3 nitrogen and oxygen atoms in total. The third-order valence-corrected chi connectivity index (χ3v) is 3.33. The fraction of sp³-hybridized carbons (Fsp3) is 0.133. The van der Waals surface area contributed by atoms with E-state index in [1.165, 1.54) is 0 Å². The first-order valence-electron chi connectivity index (χ1n) is 6.41. The van der Waals surface area contributed by atoms with E-state index in [1.807, 2.05) is 12.1 Å². The number of halogens is 4. The van der Waals surface area contributed by atoms with E-state index < -0.39 is 17.6 Å². The van der Waals surface area contributed by atoms with Gasteiger partial charge in [0.25, 0.3) is 0 Å². The smallest absolute Gasteiger partial charge is 0.323 e. The standard InChI is InChI=1S/C15H11F4N3/c1-22-13-5-3-2-4-11(13)20-14(22)21-12-8-9(15(17,18)19)6-7-10(12)16/h2-8H,1H3,(H,20,21). The third-order valence-electron chi connectivity index (χ3n) is 3.33. The van der Waals surface area contributed by atoms with E-state index in [-0.39, 0.29) is 11.6 Å². The number of aromatic nitrogens is 2. The Morgan fingerprint density at radius 3 is 2.50 bits per heavy atom. The molecule has 0 radical (unpaired) electrons. The molecule has 0 unspecified atom stereocenters. The summed E-state index contributed by atoms with van der Waals surface area (Å²) in [6, 6.07) is 9.42. The molecule has 0 spiro atoms. The molecule has 1 N–H and O–H groups in total. The Hall–Kier alpha value is -2.57. The van der Waals surface area contributed by atoms with Gasteiger partial charge in [-0.05, 0) is 30.3 Å². The first-order chi connectivity index (χ1) is 10.4. The van der Waals surface area contributed by atoms with Gasteiger partial charge >= 0.3 is 6.18 Å². The van der Waals surface area contributed by atoms with Crippen molar-refractivity contribution in [1.29, 1.82) is 0 Å². The van der Waals surface area contributed by atoms with Crippen LogP contribution in [0.2, 0.25) is 0 Å². The molecule has 3 rings (SSSR count). The highest BCUT2D eigenvalue weighted by Gasteiger charge is 2.31. The van der Waals surface area contributed by atoms with Gasteiger partial charge in [0.1, 0.15) is 5.82 Å². The Morgan fingerprint density at radius 1 is 1.09 bits per heavy atom. The van der Waals surface area contributed by atoms with Crippen LogP contribution in [0, 0.1) is 5.82 Å². The third kappa shape index (κ3) is 2.49. The number of nitrogens with zero attached hydrogens (tertiary/aromatic N) is 2. The monoisotopic (exact) mass is 309 g/mol. The SMILES string of the molecule is Cn1c(Nc2cc(C(F)(F)F)ccc2F)nc2ccccc21. The number of hydrogen-bond donors (Lipinski definition) is 1. The fourth-order valence-electron chi connectivity index (χ4n) is 2.18. The molecule has 1 aromatic heterocycles. The van der Waals surface area contributed by atoms with Crippen molar-refractivity contribution < 1.29 is 17.6 Å². The van der Waals surface area contributed by atoms with Gasteiger partial charge in [-0.2, -0.15) is 13.2 Å². The number of imidazole rings is 1. The number of alkyl halides is 3. The normalized spacial score (nSPS) is 11.9. The van der Waals surface area contributed by atoms with Crippen LogP contribution < -0.4 is 5.32 Å². The van der Waals surface area contributed by atoms with Crippen LogP contribution in [-0.4, -0.2) is 9.55 Å². The average Bonchev–Trinajstić information content (AvgIpc) is 2.77. The van der Waals surface area contributed by atoms with Crippen LogP contribution in [0.25, 0.3) is 11.0 Å². The van der Waals surface area contributed by atoms with Crippen molar-refractivity contribution in [2.75, 3.05) is 5.32 Å². The van der Waals surface area contributed by atoms with E-state index >= 15 is 0 Å². The van der Waals surface area contributed by atoms with E-state index in [9.17, 15) is 17.6 Å². The Bertz CT molecular complexity index is 836. The molecule has 0 aliphatic heterocycles. The highest BCUT2D eigenvalue weighted by atomic mass is 19.4. The fourth-order valence-corrected chi connectivity index (χ4v) is 2.18. The Morgan fingerprint density at radius 2 is 1.82 bits per heavy atom. The van der Waals surface area contributed by atoms with Crippen LogP contribution in [0.4, 0.5) is 29.2 Å². The lowest BCUT2D eigenvalue weighted by Crippen LogP contribution is -2.07. The summed E-state index contributed by atoms with van der Waals surface area (Å²) in [6.45, 7) is 0. The first kappa shape index (κ1) is 14.4. The molecule has 0 atom stereocenters. The summed E-state index contributed by atoms with van der Waals surface area (Å²) < 4.78 is 53.6. The van der Waals surface area contributed by atoms with Crippen LogP contribution in [0.5, 0.6) is 0 Å². The minimum atomic E-state index is -4.53. The molecule has 0 bridgehead atoms. The zero-order valence-corrected chi connectivity index (χ0v) is 11.4. The molecule has 0 amide bonds. The number of hydrogen-bond acceptors (Lipinski definition) is 2. The summed E-state index contributed by atoms with van der Waals surface area (Å²) in [6.07, 6.45) is -4.53.